The molecule has 6 rings (SSSR count). The van der Waals surface area contributed by atoms with Gasteiger partial charge in [-0.2, -0.15) is 13.2 Å². The summed E-state index contributed by atoms with van der Waals surface area (Å²) in [5.41, 5.74) is 0.604. The van der Waals surface area contributed by atoms with Crippen LogP contribution in [0.5, 0.6) is 11.5 Å². The number of rotatable bonds is 8. The predicted molar refractivity (Wildman–Crippen MR) is 154 cm³/mol. The Balaban J connectivity index is 1.40. The van der Waals surface area contributed by atoms with Crippen molar-refractivity contribution in [3.05, 3.63) is 82.9 Å². The Morgan fingerprint density at radius 2 is 1.82 bits per heavy atom. The van der Waals surface area contributed by atoms with Gasteiger partial charge in [0.2, 0.25) is 11.5 Å². The van der Waals surface area contributed by atoms with Crippen molar-refractivity contribution >= 4 is 22.7 Å². The molecule has 1 unspecified atom stereocenters. The van der Waals surface area contributed by atoms with E-state index in [0.29, 0.717) is 16.7 Å². The summed E-state index contributed by atoms with van der Waals surface area (Å²) in [5, 5.41) is 14.0. The Kier molecular flexibility index (Phi) is 7.18. The van der Waals surface area contributed by atoms with Crippen molar-refractivity contribution in [2.75, 3.05) is 13.2 Å². The lowest BCUT2D eigenvalue weighted by Crippen LogP contribution is -2.51. The second-order valence-corrected chi connectivity index (χ2v) is 11.6. The van der Waals surface area contributed by atoms with Gasteiger partial charge in [-0.3, -0.25) is 9.59 Å². The molecule has 2 aliphatic rings. The highest BCUT2D eigenvalue weighted by Gasteiger charge is 2.57. The third-order valence-corrected chi connectivity index (χ3v) is 8.11. The van der Waals surface area contributed by atoms with Crippen molar-refractivity contribution < 1.29 is 41.7 Å². The standard InChI is InChI=1S/C32H28F4N4O5/c1-16-3-4-18-11-19(12-23(25(18)39-16)45-21-9-10-21)28(41)38-14-31(43,32(34,35)36)24-13-22-27(44-15-30(22,2)29(37)42)26(40-24)17-5-7-20(33)8-6-17/h3-8,11-13,21,43H,9-10,14-15H2,1-2H3,(H2,37,42)(H,38,41)/t30-,31?/m0/s1. The van der Waals surface area contributed by atoms with Crippen molar-refractivity contribution in [2.45, 2.75) is 50.0 Å². The lowest BCUT2D eigenvalue weighted by molar-refractivity contribution is -0.265. The van der Waals surface area contributed by atoms with Gasteiger partial charge in [-0.25, -0.2) is 14.4 Å². The third kappa shape index (κ3) is 5.41. The van der Waals surface area contributed by atoms with E-state index in [1.54, 1.807) is 19.1 Å². The summed E-state index contributed by atoms with van der Waals surface area (Å²) < 4.78 is 69.6. The number of hydrogen-bond acceptors (Lipinski definition) is 7. The molecule has 9 nitrogen and oxygen atoms in total. The number of halogens is 4. The van der Waals surface area contributed by atoms with Crippen molar-refractivity contribution in [3.8, 4) is 22.8 Å². The van der Waals surface area contributed by atoms with Crippen LogP contribution in [0.1, 0.15) is 47.1 Å². The maximum atomic E-state index is 14.8. The fourth-order valence-corrected chi connectivity index (χ4v) is 5.14. The molecular formula is C32H28F4N4O5. The molecule has 0 bridgehead atoms. The first kappa shape index (κ1) is 30.3. The van der Waals surface area contributed by atoms with Gasteiger partial charge in [0.05, 0.1) is 18.3 Å². The molecule has 1 fully saturated rings. The number of pyridine rings is 2. The Bertz CT molecular complexity index is 1840. The number of hydrogen-bond donors (Lipinski definition) is 3. The number of nitrogens with zero attached hydrogens (tertiary/aromatic N) is 2. The molecule has 2 amide bonds. The molecule has 0 spiro atoms. The van der Waals surface area contributed by atoms with Crippen LogP contribution in [-0.4, -0.2) is 52.3 Å². The monoisotopic (exact) mass is 624 g/mol. The van der Waals surface area contributed by atoms with E-state index in [0.717, 1.165) is 36.7 Å². The van der Waals surface area contributed by atoms with E-state index in [4.69, 9.17) is 15.2 Å². The first-order valence-corrected chi connectivity index (χ1v) is 14.1. The number of carbonyl (C=O) groups is 2. The van der Waals surface area contributed by atoms with Gasteiger partial charge < -0.3 is 25.6 Å². The van der Waals surface area contributed by atoms with Crippen molar-refractivity contribution in [2.24, 2.45) is 5.73 Å². The SMILES string of the molecule is Cc1ccc2cc(C(=O)NCC(O)(c3cc4c(c(-c5ccc(F)cc5)n3)OC[C@]4(C)C(N)=O)C(F)(F)F)cc(OC3CC3)c2n1. The number of ether oxygens (including phenoxy) is 2. The number of benzene rings is 2. The molecule has 0 radical (unpaired) electrons. The highest BCUT2D eigenvalue weighted by Crippen LogP contribution is 2.47. The minimum atomic E-state index is -5.35. The maximum Gasteiger partial charge on any atom is 0.424 e. The zero-order chi connectivity index (χ0) is 32.3. The van der Waals surface area contributed by atoms with Gasteiger partial charge in [0, 0.05) is 27.8 Å². The van der Waals surface area contributed by atoms with E-state index in [-0.39, 0.29) is 40.8 Å². The molecule has 2 atom stereocenters. The Hall–Kier alpha value is -4.78. The lowest BCUT2D eigenvalue weighted by atomic mass is 9.81. The number of nitrogens with two attached hydrogens (primary N) is 1. The van der Waals surface area contributed by atoms with Gasteiger partial charge in [-0.15, -0.1) is 0 Å². The number of carbonyl (C=O) groups excluding carboxylic acids is 2. The van der Waals surface area contributed by atoms with E-state index in [9.17, 15) is 32.3 Å². The minimum absolute atomic E-state index is 0.00283. The van der Waals surface area contributed by atoms with Crippen LogP contribution in [0.4, 0.5) is 17.6 Å². The van der Waals surface area contributed by atoms with Gasteiger partial charge in [0.1, 0.15) is 40.5 Å². The smallest absolute Gasteiger partial charge is 0.424 e. The highest BCUT2D eigenvalue weighted by atomic mass is 19.4. The molecular weight excluding hydrogens is 596 g/mol. The van der Waals surface area contributed by atoms with Crippen molar-refractivity contribution in [3.63, 3.8) is 0 Å². The number of amides is 2. The van der Waals surface area contributed by atoms with Crippen LogP contribution in [0.2, 0.25) is 0 Å². The average Bonchev–Trinajstić information content (AvgIpc) is 3.75. The number of aliphatic hydroxyl groups is 1. The van der Waals surface area contributed by atoms with Gasteiger partial charge in [0.15, 0.2) is 0 Å². The number of nitrogens with one attached hydrogen (secondary N) is 1. The summed E-state index contributed by atoms with van der Waals surface area (Å²) in [6.07, 6.45) is -3.73. The lowest BCUT2D eigenvalue weighted by Gasteiger charge is -2.31. The first-order valence-electron chi connectivity index (χ1n) is 14.1. The first-order chi connectivity index (χ1) is 21.2. The molecule has 4 N–H and O–H groups in total. The van der Waals surface area contributed by atoms with Crippen LogP contribution >= 0.6 is 0 Å². The minimum Gasteiger partial charge on any atom is -0.489 e. The molecule has 13 heteroatoms. The van der Waals surface area contributed by atoms with Crippen LogP contribution in [0, 0.1) is 12.7 Å². The molecule has 1 saturated carbocycles. The number of aromatic nitrogens is 2. The summed E-state index contributed by atoms with van der Waals surface area (Å²) in [4.78, 5) is 34.3. The van der Waals surface area contributed by atoms with Crippen molar-refractivity contribution in [1.29, 1.82) is 0 Å². The molecule has 0 saturated heterocycles. The fraction of sp³-hybridized carbons (Fsp3) is 0.312. The normalized spacial score (nSPS) is 19.0. The van der Waals surface area contributed by atoms with Gasteiger partial charge in [-0.1, -0.05) is 6.07 Å². The molecule has 4 aromatic rings. The molecule has 1 aliphatic carbocycles. The van der Waals surface area contributed by atoms with E-state index >= 15 is 0 Å². The highest BCUT2D eigenvalue weighted by molar-refractivity contribution is 6.00. The number of primary amides is 1. The number of alkyl halides is 3. The van der Waals surface area contributed by atoms with Gasteiger partial charge in [-0.05, 0) is 75.2 Å². The molecule has 2 aromatic carbocycles. The van der Waals surface area contributed by atoms with E-state index in [1.165, 1.54) is 31.2 Å². The molecule has 2 aromatic heterocycles. The van der Waals surface area contributed by atoms with E-state index in [2.05, 4.69) is 15.3 Å². The second kappa shape index (κ2) is 10.7. The second-order valence-electron chi connectivity index (χ2n) is 11.6. The average molecular weight is 625 g/mol. The largest absolute Gasteiger partial charge is 0.489 e. The molecule has 45 heavy (non-hydrogen) atoms. The summed E-state index contributed by atoms with van der Waals surface area (Å²) in [5.74, 6) is -2.09. The summed E-state index contributed by atoms with van der Waals surface area (Å²) >= 11 is 0. The quantitative estimate of drug-likeness (QED) is 0.244. The molecule has 3 heterocycles. The van der Waals surface area contributed by atoms with Gasteiger partial charge >= 0.3 is 6.18 Å². The van der Waals surface area contributed by atoms with Crippen LogP contribution in [-0.2, 0) is 15.8 Å². The fourth-order valence-electron chi connectivity index (χ4n) is 5.14. The Morgan fingerprint density at radius 1 is 1.11 bits per heavy atom. The van der Waals surface area contributed by atoms with E-state index < -0.39 is 47.1 Å². The number of aryl methyl sites for hydroxylation is 1. The Morgan fingerprint density at radius 3 is 2.47 bits per heavy atom. The zero-order valence-electron chi connectivity index (χ0n) is 24.2. The van der Waals surface area contributed by atoms with Crippen LogP contribution in [0.3, 0.4) is 0 Å². The summed E-state index contributed by atoms with van der Waals surface area (Å²) in [6.45, 7) is 1.57. The topological polar surface area (TPSA) is 137 Å². The van der Waals surface area contributed by atoms with Crippen molar-refractivity contribution in [1.82, 2.24) is 15.3 Å². The van der Waals surface area contributed by atoms with Gasteiger partial charge in [0.25, 0.3) is 5.91 Å². The summed E-state index contributed by atoms with van der Waals surface area (Å²) in [7, 11) is 0. The van der Waals surface area contributed by atoms with Crippen LogP contribution < -0.4 is 20.5 Å². The van der Waals surface area contributed by atoms with E-state index in [1.807, 2.05) is 0 Å². The van der Waals surface area contributed by atoms with Crippen LogP contribution in [0.25, 0.3) is 22.2 Å². The third-order valence-electron chi connectivity index (χ3n) is 8.11. The molecule has 234 valence electrons. The molecule has 1 aliphatic heterocycles. The van der Waals surface area contributed by atoms with Crippen LogP contribution in [0.15, 0.2) is 54.6 Å². The number of fused-ring (bicyclic) bond motifs is 2. The summed E-state index contributed by atoms with van der Waals surface area (Å²) in [6, 6.07) is 12.0. The maximum absolute atomic E-state index is 14.8. The zero-order valence-corrected chi connectivity index (χ0v) is 24.2. The predicted octanol–water partition coefficient (Wildman–Crippen LogP) is 4.60. The Labute approximate surface area is 254 Å².